The molecule has 0 aliphatic heterocycles. The molecule has 0 aliphatic rings. The maximum atomic E-state index is 12.9. The number of nitrogens with one attached hydrogen (secondary N) is 2. The van der Waals surface area contributed by atoms with Crippen LogP contribution >= 0.6 is 0 Å². The molecule has 7 nitrogen and oxygen atoms in total. The highest BCUT2D eigenvalue weighted by Gasteiger charge is 2.10. The van der Waals surface area contributed by atoms with Crippen LogP contribution in [0.2, 0.25) is 0 Å². The molecule has 0 atom stereocenters. The van der Waals surface area contributed by atoms with E-state index in [2.05, 4.69) is 20.6 Å². The molecule has 1 amide bonds. The fourth-order valence-electron chi connectivity index (χ4n) is 2.62. The lowest BCUT2D eigenvalue weighted by Crippen LogP contribution is -2.14. The van der Waals surface area contributed by atoms with E-state index in [-0.39, 0.29) is 11.7 Å². The molecule has 0 saturated carbocycles. The predicted octanol–water partition coefficient (Wildman–Crippen LogP) is 3.54. The number of carbonyl (C=O) groups excluding carboxylic acids is 1. The molecule has 2 N–H and O–H groups in total. The summed E-state index contributed by atoms with van der Waals surface area (Å²) in [6.07, 6.45) is 3.60. The van der Waals surface area contributed by atoms with Gasteiger partial charge >= 0.3 is 0 Å². The van der Waals surface area contributed by atoms with Crippen molar-refractivity contribution in [2.24, 2.45) is 0 Å². The zero-order chi connectivity index (χ0) is 20.6. The van der Waals surface area contributed by atoms with E-state index >= 15 is 0 Å². The second kappa shape index (κ2) is 9.50. The van der Waals surface area contributed by atoms with Gasteiger partial charge in [0.15, 0.2) is 11.5 Å². The minimum atomic E-state index is -0.338. The van der Waals surface area contributed by atoms with E-state index < -0.39 is 0 Å². The van der Waals surface area contributed by atoms with Crippen molar-refractivity contribution in [3.8, 4) is 11.5 Å². The van der Waals surface area contributed by atoms with E-state index in [1.165, 1.54) is 31.6 Å². The van der Waals surface area contributed by atoms with Crippen molar-refractivity contribution >= 4 is 17.5 Å². The number of methoxy groups -OCH3 is 2. The van der Waals surface area contributed by atoms with Gasteiger partial charge in [0, 0.05) is 30.7 Å². The van der Waals surface area contributed by atoms with Gasteiger partial charge in [-0.25, -0.2) is 14.4 Å². The van der Waals surface area contributed by atoms with E-state index in [1.54, 1.807) is 37.4 Å². The Kier molecular flexibility index (Phi) is 6.57. The standard InChI is InChI=1S/C21H21FN4O3/c1-28-18-8-7-17(11-19(18)29-2)26-20(27)15-12-24-21(25-13-15)23-10-9-14-3-5-16(22)6-4-14/h3-8,11-13H,9-10H2,1-2H3,(H,26,27)(H,23,24,25). The summed E-state index contributed by atoms with van der Waals surface area (Å²) in [6.45, 7) is 0.586. The van der Waals surface area contributed by atoms with Crippen molar-refractivity contribution in [2.75, 3.05) is 31.4 Å². The summed E-state index contributed by atoms with van der Waals surface area (Å²) >= 11 is 0. The Labute approximate surface area is 167 Å². The molecule has 1 aromatic heterocycles. The van der Waals surface area contributed by atoms with Gasteiger partial charge in [-0.2, -0.15) is 0 Å². The van der Waals surface area contributed by atoms with Crippen LogP contribution in [0.5, 0.6) is 11.5 Å². The molecule has 0 radical (unpaired) electrons. The summed E-state index contributed by atoms with van der Waals surface area (Å²) in [4.78, 5) is 20.7. The number of hydrogen-bond donors (Lipinski definition) is 2. The zero-order valence-electron chi connectivity index (χ0n) is 16.1. The first-order valence-corrected chi connectivity index (χ1v) is 8.93. The Hall–Kier alpha value is -3.68. The van der Waals surface area contributed by atoms with Gasteiger partial charge in [-0.3, -0.25) is 4.79 Å². The Balaban J connectivity index is 1.55. The minimum absolute atomic E-state index is 0.257. The molecule has 2 aromatic carbocycles. The van der Waals surface area contributed by atoms with Crippen molar-refractivity contribution in [2.45, 2.75) is 6.42 Å². The van der Waals surface area contributed by atoms with Crippen LogP contribution in [0.25, 0.3) is 0 Å². The molecular formula is C21H21FN4O3. The highest BCUT2D eigenvalue weighted by Crippen LogP contribution is 2.29. The van der Waals surface area contributed by atoms with Crippen molar-refractivity contribution in [1.82, 2.24) is 9.97 Å². The van der Waals surface area contributed by atoms with Crippen LogP contribution in [-0.4, -0.2) is 36.6 Å². The first kappa shape index (κ1) is 20.1. The van der Waals surface area contributed by atoms with Crippen LogP contribution < -0.4 is 20.1 Å². The Morgan fingerprint density at radius 3 is 2.34 bits per heavy atom. The highest BCUT2D eigenvalue weighted by molar-refractivity contribution is 6.04. The van der Waals surface area contributed by atoms with Gasteiger partial charge in [0.05, 0.1) is 19.8 Å². The third-order valence-corrected chi connectivity index (χ3v) is 4.17. The molecule has 0 aliphatic carbocycles. The number of aromatic nitrogens is 2. The number of rotatable bonds is 8. The van der Waals surface area contributed by atoms with Crippen molar-refractivity contribution in [3.63, 3.8) is 0 Å². The van der Waals surface area contributed by atoms with Crippen LogP contribution in [0.4, 0.5) is 16.0 Å². The Morgan fingerprint density at radius 2 is 1.69 bits per heavy atom. The molecule has 29 heavy (non-hydrogen) atoms. The fraction of sp³-hybridized carbons (Fsp3) is 0.190. The highest BCUT2D eigenvalue weighted by atomic mass is 19.1. The predicted molar refractivity (Wildman–Crippen MR) is 108 cm³/mol. The Morgan fingerprint density at radius 1 is 1.00 bits per heavy atom. The molecule has 0 spiro atoms. The number of hydrogen-bond acceptors (Lipinski definition) is 6. The largest absolute Gasteiger partial charge is 0.493 e. The molecule has 8 heteroatoms. The average Bonchev–Trinajstić information content (AvgIpc) is 2.75. The average molecular weight is 396 g/mol. The molecule has 1 heterocycles. The molecule has 150 valence electrons. The number of benzene rings is 2. The molecule has 0 fully saturated rings. The SMILES string of the molecule is COc1ccc(NC(=O)c2cnc(NCCc3ccc(F)cc3)nc2)cc1OC. The van der Waals surface area contributed by atoms with Crippen molar-refractivity contribution in [3.05, 3.63) is 71.8 Å². The third-order valence-electron chi connectivity index (χ3n) is 4.17. The fourth-order valence-corrected chi connectivity index (χ4v) is 2.62. The number of carbonyl (C=O) groups is 1. The second-order valence-electron chi connectivity index (χ2n) is 6.12. The second-order valence-corrected chi connectivity index (χ2v) is 6.12. The van der Waals surface area contributed by atoms with E-state index in [4.69, 9.17) is 9.47 Å². The first-order chi connectivity index (χ1) is 14.1. The van der Waals surface area contributed by atoms with Gasteiger partial charge in [-0.1, -0.05) is 12.1 Å². The number of halogens is 1. The van der Waals surface area contributed by atoms with E-state index in [0.29, 0.717) is 41.7 Å². The summed E-state index contributed by atoms with van der Waals surface area (Å²) in [7, 11) is 3.07. The lowest BCUT2D eigenvalue weighted by atomic mass is 10.1. The van der Waals surface area contributed by atoms with Crippen LogP contribution in [0, 0.1) is 5.82 Å². The zero-order valence-corrected chi connectivity index (χ0v) is 16.1. The van der Waals surface area contributed by atoms with Crippen LogP contribution in [-0.2, 0) is 6.42 Å². The minimum Gasteiger partial charge on any atom is -0.493 e. The number of amides is 1. The monoisotopic (exact) mass is 396 g/mol. The summed E-state index contributed by atoms with van der Waals surface area (Å²) in [5.74, 6) is 0.906. The number of ether oxygens (including phenoxy) is 2. The topological polar surface area (TPSA) is 85.4 Å². The normalized spacial score (nSPS) is 10.3. The van der Waals surface area contributed by atoms with Gasteiger partial charge in [-0.05, 0) is 36.2 Å². The van der Waals surface area contributed by atoms with Crippen LogP contribution in [0.3, 0.4) is 0 Å². The number of anilines is 2. The van der Waals surface area contributed by atoms with Gasteiger partial charge < -0.3 is 20.1 Å². The van der Waals surface area contributed by atoms with Gasteiger partial charge in [0.2, 0.25) is 5.95 Å². The molecule has 0 unspecified atom stereocenters. The van der Waals surface area contributed by atoms with Gasteiger partial charge in [0.25, 0.3) is 5.91 Å². The summed E-state index contributed by atoms with van der Waals surface area (Å²) in [5, 5.41) is 5.84. The molecule has 3 aromatic rings. The lowest BCUT2D eigenvalue weighted by Gasteiger charge is -2.10. The van der Waals surface area contributed by atoms with Crippen molar-refractivity contribution in [1.29, 1.82) is 0 Å². The van der Waals surface area contributed by atoms with E-state index in [0.717, 1.165) is 5.56 Å². The molecule has 0 saturated heterocycles. The van der Waals surface area contributed by atoms with E-state index in [1.807, 2.05) is 0 Å². The lowest BCUT2D eigenvalue weighted by molar-refractivity contribution is 0.102. The first-order valence-electron chi connectivity index (χ1n) is 8.93. The van der Waals surface area contributed by atoms with Crippen molar-refractivity contribution < 1.29 is 18.7 Å². The summed E-state index contributed by atoms with van der Waals surface area (Å²) in [6, 6.07) is 11.4. The molecule has 3 rings (SSSR count). The van der Waals surface area contributed by atoms with Gasteiger partial charge in [0.1, 0.15) is 5.82 Å². The maximum Gasteiger partial charge on any atom is 0.258 e. The molecular weight excluding hydrogens is 375 g/mol. The van der Waals surface area contributed by atoms with E-state index in [9.17, 15) is 9.18 Å². The number of nitrogens with zero attached hydrogens (tertiary/aromatic N) is 2. The third kappa shape index (κ3) is 5.41. The summed E-state index contributed by atoms with van der Waals surface area (Å²) < 4.78 is 23.3. The van der Waals surface area contributed by atoms with Crippen LogP contribution in [0.1, 0.15) is 15.9 Å². The maximum absolute atomic E-state index is 12.9. The van der Waals surface area contributed by atoms with Gasteiger partial charge in [-0.15, -0.1) is 0 Å². The quantitative estimate of drug-likeness (QED) is 0.606. The smallest absolute Gasteiger partial charge is 0.258 e. The molecule has 0 bridgehead atoms. The van der Waals surface area contributed by atoms with Crippen LogP contribution in [0.15, 0.2) is 54.9 Å². The summed E-state index contributed by atoms with van der Waals surface area (Å²) in [5.41, 5.74) is 1.89. The Bertz CT molecular complexity index is 963.